The van der Waals surface area contributed by atoms with Crippen molar-refractivity contribution in [3.63, 3.8) is 0 Å². The number of rotatable bonds is 6. The minimum absolute atomic E-state index is 0.557. The highest BCUT2D eigenvalue weighted by Crippen LogP contribution is 2.21. The van der Waals surface area contributed by atoms with Gasteiger partial charge in [-0.25, -0.2) is 0 Å². The van der Waals surface area contributed by atoms with Gasteiger partial charge in [0.1, 0.15) is 0 Å². The van der Waals surface area contributed by atoms with E-state index in [1.807, 2.05) is 17.8 Å². The third kappa shape index (κ3) is 3.86. The van der Waals surface area contributed by atoms with Crippen LogP contribution in [0.2, 0.25) is 5.02 Å². The molecule has 0 amide bonds. The van der Waals surface area contributed by atoms with Crippen LogP contribution < -0.4 is 5.32 Å². The van der Waals surface area contributed by atoms with E-state index in [-0.39, 0.29) is 0 Å². The molecule has 1 aromatic heterocycles. The van der Waals surface area contributed by atoms with E-state index in [4.69, 9.17) is 11.6 Å². The van der Waals surface area contributed by atoms with Gasteiger partial charge in [-0.05, 0) is 36.8 Å². The van der Waals surface area contributed by atoms with Gasteiger partial charge in [0, 0.05) is 18.8 Å². The summed E-state index contributed by atoms with van der Waals surface area (Å²) in [6.45, 7) is 6.04. The van der Waals surface area contributed by atoms with E-state index in [9.17, 15) is 0 Å². The summed E-state index contributed by atoms with van der Waals surface area (Å²) < 4.78 is 1.89. The van der Waals surface area contributed by atoms with Gasteiger partial charge in [-0.1, -0.05) is 42.8 Å². The molecule has 1 N–H and O–H groups in total. The smallest absolute Gasteiger partial charge is 0.0815 e. The van der Waals surface area contributed by atoms with E-state index >= 15 is 0 Å². The molecule has 21 heavy (non-hydrogen) atoms. The number of nitrogens with zero attached hydrogens (tertiary/aromatic N) is 2. The Balaban J connectivity index is 1.60. The number of nitrogens with one attached hydrogen (secondary N) is 1. The average molecular weight is 304 g/mol. The van der Waals surface area contributed by atoms with Crippen LogP contribution in [0.25, 0.3) is 0 Å². The summed E-state index contributed by atoms with van der Waals surface area (Å²) in [6.07, 6.45) is 4.57. The number of aryl methyl sites for hydroxylation is 1. The molecule has 0 radical (unpaired) electrons. The first-order chi connectivity index (χ1) is 10.1. The average Bonchev–Trinajstić information content (AvgIpc) is 3.24. The van der Waals surface area contributed by atoms with Crippen molar-refractivity contribution in [3.05, 3.63) is 52.3 Å². The summed E-state index contributed by atoms with van der Waals surface area (Å²) in [6, 6.07) is 9.61. The van der Waals surface area contributed by atoms with Crippen molar-refractivity contribution in [2.45, 2.75) is 45.2 Å². The van der Waals surface area contributed by atoms with E-state index in [0.717, 1.165) is 29.8 Å². The van der Waals surface area contributed by atoms with E-state index in [1.54, 1.807) is 0 Å². The first-order valence-corrected chi connectivity index (χ1v) is 8.01. The molecule has 112 valence electrons. The van der Waals surface area contributed by atoms with Gasteiger partial charge in [0.15, 0.2) is 0 Å². The maximum Gasteiger partial charge on any atom is 0.0815 e. The maximum absolute atomic E-state index is 6.04. The third-order valence-corrected chi connectivity index (χ3v) is 4.44. The van der Waals surface area contributed by atoms with E-state index in [1.165, 1.54) is 24.0 Å². The molecule has 0 saturated heterocycles. The monoisotopic (exact) mass is 303 g/mol. The van der Waals surface area contributed by atoms with E-state index < -0.39 is 0 Å². The normalized spacial score (nSPS) is 16.1. The van der Waals surface area contributed by atoms with Gasteiger partial charge >= 0.3 is 0 Å². The molecule has 1 heterocycles. The molecule has 0 aliphatic heterocycles. The Morgan fingerprint density at radius 3 is 2.62 bits per heavy atom. The Morgan fingerprint density at radius 1 is 1.33 bits per heavy atom. The molecule has 1 aliphatic carbocycles. The fraction of sp³-hybridized carbons (Fsp3) is 0.471. The molecule has 3 nitrogen and oxygen atoms in total. The second-order valence-electron chi connectivity index (χ2n) is 6.09. The van der Waals surface area contributed by atoms with Gasteiger partial charge in [-0.15, -0.1) is 0 Å². The largest absolute Gasteiger partial charge is 0.313 e. The van der Waals surface area contributed by atoms with Crippen molar-refractivity contribution in [2.24, 2.45) is 0 Å². The molecule has 1 saturated carbocycles. The number of aromatic nitrogens is 2. The molecular formula is C17H22ClN3. The standard InChI is InChI=1S/C17H22ClN3/c1-12(9-19-16-7-8-16)15-5-3-14(4-6-15)10-21-11-17(18)13(2)20-21/h3-6,11-12,16,19H,7-10H2,1-2H3. The fourth-order valence-corrected chi connectivity index (χ4v) is 2.61. The Labute approximate surface area is 131 Å². The first-order valence-electron chi connectivity index (χ1n) is 7.63. The summed E-state index contributed by atoms with van der Waals surface area (Å²) in [5.74, 6) is 0.557. The minimum Gasteiger partial charge on any atom is -0.313 e. The summed E-state index contributed by atoms with van der Waals surface area (Å²) in [7, 11) is 0. The van der Waals surface area contributed by atoms with E-state index in [0.29, 0.717) is 5.92 Å². The van der Waals surface area contributed by atoms with Gasteiger partial charge in [0.05, 0.1) is 17.3 Å². The van der Waals surface area contributed by atoms with Crippen LogP contribution in [0.15, 0.2) is 30.5 Å². The van der Waals surface area contributed by atoms with Gasteiger partial charge in [0.25, 0.3) is 0 Å². The highest BCUT2D eigenvalue weighted by Gasteiger charge is 2.21. The minimum atomic E-state index is 0.557. The summed E-state index contributed by atoms with van der Waals surface area (Å²) in [5.41, 5.74) is 3.52. The predicted octanol–water partition coefficient (Wildman–Crippen LogP) is 3.75. The second-order valence-corrected chi connectivity index (χ2v) is 6.49. The number of benzene rings is 1. The Bertz CT molecular complexity index is 579. The first kappa shape index (κ1) is 14.6. The van der Waals surface area contributed by atoms with Crippen LogP contribution in [0.5, 0.6) is 0 Å². The van der Waals surface area contributed by atoms with Gasteiger partial charge in [-0.3, -0.25) is 4.68 Å². The third-order valence-electron chi connectivity index (χ3n) is 4.07. The Morgan fingerprint density at radius 2 is 2.05 bits per heavy atom. The van der Waals surface area contributed by atoms with Gasteiger partial charge in [0.2, 0.25) is 0 Å². The van der Waals surface area contributed by atoms with E-state index in [2.05, 4.69) is 41.6 Å². The predicted molar refractivity (Wildman–Crippen MR) is 87.0 cm³/mol. The Hall–Kier alpha value is -1.32. The van der Waals surface area contributed by atoms with Crippen LogP contribution in [-0.4, -0.2) is 22.4 Å². The highest BCUT2D eigenvalue weighted by atomic mass is 35.5. The molecule has 4 heteroatoms. The van der Waals surface area contributed by atoms with Crippen LogP contribution in [0, 0.1) is 6.92 Å². The van der Waals surface area contributed by atoms with Crippen LogP contribution >= 0.6 is 11.6 Å². The number of hydrogen-bond donors (Lipinski definition) is 1. The van der Waals surface area contributed by atoms with Crippen LogP contribution in [0.4, 0.5) is 0 Å². The highest BCUT2D eigenvalue weighted by molar-refractivity contribution is 6.31. The quantitative estimate of drug-likeness (QED) is 0.881. The molecular weight excluding hydrogens is 282 g/mol. The van der Waals surface area contributed by atoms with Crippen molar-refractivity contribution in [1.29, 1.82) is 0 Å². The van der Waals surface area contributed by atoms with Crippen molar-refractivity contribution in [1.82, 2.24) is 15.1 Å². The van der Waals surface area contributed by atoms with Crippen molar-refractivity contribution in [2.75, 3.05) is 6.54 Å². The van der Waals surface area contributed by atoms with Gasteiger partial charge in [-0.2, -0.15) is 5.10 Å². The van der Waals surface area contributed by atoms with Crippen LogP contribution in [0.3, 0.4) is 0 Å². The molecule has 1 fully saturated rings. The molecule has 2 aromatic rings. The topological polar surface area (TPSA) is 29.9 Å². The van der Waals surface area contributed by atoms with Crippen molar-refractivity contribution < 1.29 is 0 Å². The lowest BCUT2D eigenvalue weighted by Crippen LogP contribution is -2.22. The fourth-order valence-electron chi connectivity index (χ4n) is 2.46. The molecule has 1 aromatic carbocycles. The molecule has 1 unspecified atom stereocenters. The van der Waals surface area contributed by atoms with Gasteiger partial charge < -0.3 is 5.32 Å². The lowest BCUT2D eigenvalue weighted by molar-refractivity contribution is 0.611. The lowest BCUT2D eigenvalue weighted by Gasteiger charge is -2.13. The van der Waals surface area contributed by atoms with Crippen molar-refractivity contribution >= 4 is 11.6 Å². The summed E-state index contributed by atoms with van der Waals surface area (Å²) >= 11 is 6.04. The molecule has 1 atom stereocenters. The number of halogens is 1. The molecule has 1 aliphatic rings. The molecule has 3 rings (SSSR count). The maximum atomic E-state index is 6.04. The SMILES string of the molecule is Cc1nn(Cc2ccc(C(C)CNC3CC3)cc2)cc1Cl. The van der Waals surface area contributed by atoms with Crippen LogP contribution in [0.1, 0.15) is 42.5 Å². The lowest BCUT2D eigenvalue weighted by atomic mass is 10.00. The van der Waals surface area contributed by atoms with Crippen LogP contribution in [-0.2, 0) is 6.54 Å². The number of hydrogen-bond acceptors (Lipinski definition) is 2. The second kappa shape index (κ2) is 6.20. The zero-order valence-electron chi connectivity index (χ0n) is 12.6. The Kier molecular flexibility index (Phi) is 4.32. The molecule has 0 bridgehead atoms. The molecule has 0 spiro atoms. The summed E-state index contributed by atoms with van der Waals surface area (Å²) in [5, 5.41) is 8.71. The zero-order valence-corrected chi connectivity index (χ0v) is 13.4. The summed E-state index contributed by atoms with van der Waals surface area (Å²) in [4.78, 5) is 0. The van der Waals surface area contributed by atoms with Crippen molar-refractivity contribution in [3.8, 4) is 0 Å². The zero-order chi connectivity index (χ0) is 14.8.